The predicted molar refractivity (Wildman–Crippen MR) is 128 cm³/mol. The second-order valence-electron chi connectivity index (χ2n) is 7.77. The number of rotatable bonds is 8. The number of guanidine groups is 1. The number of aliphatic imine (C=N–C) groups is 1. The molecule has 0 bridgehead atoms. The molecule has 0 spiro atoms. The molecule has 7 heteroatoms. The third kappa shape index (κ3) is 8.27. The van der Waals surface area contributed by atoms with Crippen molar-refractivity contribution in [3.63, 3.8) is 0 Å². The number of hydrogen-bond donors (Lipinski definition) is 2. The van der Waals surface area contributed by atoms with Gasteiger partial charge in [-0.1, -0.05) is 25.7 Å². The Morgan fingerprint density at radius 3 is 2.50 bits per heavy atom. The zero-order chi connectivity index (χ0) is 19.6. The molecule has 1 aromatic heterocycles. The van der Waals surface area contributed by atoms with E-state index >= 15 is 0 Å². The van der Waals surface area contributed by atoms with Crippen LogP contribution in [0.15, 0.2) is 4.99 Å². The summed E-state index contributed by atoms with van der Waals surface area (Å²) in [7, 11) is 2.00. The summed E-state index contributed by atoms with van der Waals surface area (Å²) in [5, 5.41) is 11.4. The van der Waals surface area contributed by atoms with Gasteiger partial charge in [0, 0.05) is 25.3 Å². The molecule has 0 amide bonds. The van der Waals surface area contributed by atoms with E-state index in [9.17, 15) is 0 Å². The lowest BCUT2D eigenvalue weighted by Gasteiger charge is -2.19. The Labute approximate surface area is 188 Å². The van der Waals surface area contributed by atoms with E-state index in [4.69, 9.17) is 9.73 Å². The highest BCUT2D eigenvalue weighted by molar-refractivity contribution is 14.0. The van der Waals surface area contributed by atoms with Gasteiger partial charge in [0.05, 0.1) is 24.9 Å². The first-order chi connectivity index (χ1) is 13.0. The van der Waals surface area contributed by atoms with Crippen LogP contribution in [0.4, 0.5) is 0 Å². The van der Waals surface area contributed by atoms with Gasteiger partial charge in [0.1, 0.15) is 0 Å². The molecule has 162 valence electrons. The zero-order valence-corrected chi connectivity index (χ0v) is 20.7. The lowest BCUT2D eigenvalue weighted by Crippen LogP contribution is -2.43. The Bertz CT molecular complexity index is 594. The first-order valence-electron chi connectivity index (χ1n) is 10.7. The molecule has 1 saturated carbocycles. The molecule has 0 saturated heterocycles. The minimum atomic E-state index is 0. The summed E-state index contributed by atoms with van der Waals surface area (Å²) in [6, 6.07) is 0.284. The molecule has 0 radical (unpaired) electrons. The van der Waals surface area contributed by atoms with Gasteiger partial charge in [-0.3, -0.25) is 9.67 Å². The maximum atomic E-state index is 6.05. The van der Waals surface area contributed by atoms with Gasteiger partial charge in [-0.2, -0.15) is 5.10 Å². The van der Waals surface area contributed by atoms with E-state index < -0.39 is 0 Å². The van der Waals surface area contributed by atoms with Crippen LogP contribution in [0, 0.1) is 13.8 Å². The van der Waals surface area contributed by atoms with Crippen LogP contribution >= 0.6 is 24.0 Å². The smallest absolute Gasteiger partial charge is 0.191 e. The van der Waals surface area contributed by atoms with Crippen molar-refractivity contribution in [1.29, 1.82) is 0 Å². The predicted octanol–water partition coefficient (Wildman–Crippen LogP) is 3.88. The second-order valence-corrected chi connectivity index (χ2v) is 7.77. The van der Waals surface area contributed by atoms with E-state index in [0.717, 1.165) is 24.6 Å². The van der Waals surface area contributed by atoms with Crippen molar-refractivity contribution in [2.45, 2.75) is 84.8 Å². The molecule has 0 aromatic carbocycles. The largest absolute Gasteiger partial charge is 0.376 e. The molecule has 28 heavy (non-hydrogen) atoms. The summed E-state index contributed by atoms with van der Waals surface area (Å²) in [5.74, 6) is 0.869. The van der Waals surface area contributed by atoms with E-state index in [1.807, 2.05) is 11.7 Å². The van der Waals surface area contributed by atoms with E-state index in [2.05, 4.69) is 43.4 Å². The van der Waals surface area contributed by atoms with Crippen molar-refractivity contribution in [2.24, 2.45) is 12.0 Å². The molecule has 2 rings (SSSR count). The molecule has 1 unspecified atom stereocenters. The number of hydrogen-bond acceptors (Lipinski definition) is 3. The van der Waals surface area contributed by atoms with Gasteiger partial charge in [-0.15, -0.1) is 24.0 Å². The van der Waals surface area contributed by atoms with Crippen molar-refractivity contribution in [1.82, 2.24) is 20.4 Å². The highest BCUT2D eigenvalue weighted by Crippen LogP contribution is 2.19. The zero-order valence-electron chi connectivity index (χ0n) is 18.4. The molecule has 6 nitrogen and oxygen atoms in total. The first kappa shape index (κ1) is 25.2. The van der Waals surface area contributed by atoms with Gasteiger partial charge in [0.2, 0.25) is 0 Å². The Hall–Kier alpha value is -0.830. The maximum Gasteiger partial charge on any atom is 0.191 e. The monoisotopic (exact) mass is 505 g/mol. The van der Waals surface area contributed by atoms with Gasteiger partial charge < -0.3 is 15.4 Å². The fraction of sp³-hybridized carbons (Fsp3) is 0.810. The lowest BCUT2D eigenvalue weighted by atomic mass is 10.1. The number of aryl methyl sites for hydroxylation is 2. The van der Waals surface area contributed by atoms with Gasteiger partial charge in [-0.05, 0) is 52.5 Å². The fourth-order valence-electron chi connectivity index (χ4n) is 3.81. The van der Waals surface area contributed by atoms with Crippen molar-refractivity contribution in [3.05, 3.63) is 17.0 Å². The third-order valence-corrected chi connectivity index (χ3v) is 5.41. The minimum absolute atomic E-state index is 0. The molecular weight excluding hydrogens is 465 g/mol. The van der Waals surface area contributed by atoms with Crippen molar-refractivity contribution < 1.29 is 4.74 Å². The third-order valence-electron chi connectivity index (χ3n) is 5.41. The molecule has 1 heterocycles. The topological polar surface area (TPSA) is 63.5 Å². The van der Waals surface area contributed by atoms with Crippen LogP contribution < -0.4 is 10.6 Å². The summed E-state index contributed by atoms with van der Waals surface area (Å²) in [6.07, 6.45) is 9.14. The quantitative estimate of drug-likeness (QED) is 0.185. The van der Waals surface area contributed by atoms with E-state index in [1.165, 1.54) is 49.8 Å². The van der Waals surface area contributed by atoms with Crippen LogP contribution in [0.1, 0.15) is 69.3 Å². The summed E-state index contributed by atoms with van der Waals surface area (Å²) >= 11 is 0. The van der Waals surface area contributed by atoms with Crippen molar-refractivity contribution in [3.8, 4) is 0 Å². The summed E-state index contributed by atoms with van der Waals surface area (Å²) in [5.41, 5.74) is 3.67. The van der Waals surface area contributed by atoms with Crippen LogP contribution in [0.3, 0.4) is 0 Å². The molecule has 1 aliphatic rings. The normalized spacial score (nSPS) is 17.0. The molecule has 0 aliphatic heterocycles. The van der Waals surface area contributed by atoms with Crippen LogP contribution in [0.5, 0.6) is 0 Å². The maximum absolute atomic E-state index is 6.05. The summed E-state index contributed by atoms with van der Waals surface area (Å²) in [6.45, 7) is 10.8. The summed E-state index contributed by atoms with van der Waals surface area (Å²) in [4.78, 5) is 4.70. The van der Waals surface area contributed by atoms with Crippen molar-refractivity contribution >= 4 is 29.9 Å². The SMILES string of the molecule is CCNC(=NCCOC1CCCCCC1)NC(C)Cc1c(C)nn(C)c1C.I. The Balaban J connectivity index is 0.00000392. The van der Waals surface area contributed by atoms with Crippen molar-refractivity contribution in [2.75, 3.05) is 19.7 Å². The van der Waals surface area contributed by atoms with E-state index in [-0.39, 0.29) is 30.0 Å². The summed E-state index contributed by atoms with van der Waals surface area (Å²) < 4.78 is 8.01. The van der Waals surface area contributed by atoms with Gasteiger partial charge in [0.25, 0.3) is 0 Å². The van der Waals surface area contributed by atoms with Gasteiger partial charge >= 0.3 is 0 Å². The van der Waals surface area contributed by atoms with Gasteiger partial charge in [0.15, 0.2) is 5.96 Å². The number of nitrogens with zero attached hydrogens (tertiary/aromatic N) is 3. The number of nitrogens with one attached hydrogen (secondary N) is 2. The van der Waals surface area contributed by atoms with E-state index in [1.54, 1.807) is 0 Å². The first-order valence-corrected chi connectivity index (χ1v) is 10.7. The average Bonchev–Trinajstić information content (AvgIpc) is 2.83. The lowest BCUT2D eigenvalue weighted by molar-refractivity contribution is 0.0487. The standard InChI is InChI=1S/C21H39N5O.HI/c1-6-22-21(23-13-14-27-19-11-9-7-8-10-12-19)24-16(2)15-20-17(3)25-26(5)18(20)4;/h16,19H,6-15H2,1-5H3,(H2,22,23,24);1H. The van der Waals surface area contributed by atoms with Crippen LogP contribution in [0.25, 0.3) is 0 Å². The van der Waals surface area contributed by atoms with Crippen LogP contribution in [-0.4, -0.2) is 47.6 Å². The number of aromatic nitrogens is 2. The minimum Gasteiger partial charge on any atom is -0.376 e. The second kappa shape index (κ2) is 13.4. The van der Waals surface area contributed by atoms with E-state index in [0.29, 0.717) is 19.3 Å². The van der Waals surface area contributed by atoms with Crippen LogP contribution in [-0.2, 0) is 18.2 Å². The molecule has 2 N–H and O–H groups in total. The Morgan fingerprint density at radius 2 is 1.93 bits per heavy atom. The Morgan fingerprint density at radius 1 is 1.25 bits per heavy atom. The molecule has 1 atom stereocenters. The van der Waals surface area contributed by atoms with Crippen LogP contribution in [0.2, 0.25) is 0 Å². The van der Waals surface area contributed by atoms with Gasteiger partial charge in [-0.25, -0.2) is 0 Å². The molecule has 1 aromatic rings. The fourth-order valence-corrected chi connectivity index (χ4v) is 3.81. The average molecular weight is 505 g/mol. The molecule has 1 fully saturated rings. The highest BCUT2D eigenvalue weighted by atomic mass is 127. The Kier molecular flexibility index (Phi) is 12.1. The molecular formula is C21H40IN5O. The number of ether oxygens (including phenoxy) is 1. The number of halogens is 1. The highest BCUT2D eigenvalue weighted by Gasteiger charge is 2.14. The molecule has 1 aliphatic carbocycles.